The Labute approximate surface area is 180 Å². The van der Waals surface area contributed by atoms with Gasteiger partial charge in [0.25, 0.3) is 0 Å². The number of nitrogens with one attached hydrogen (secondary N) is 2. The first-order valence-electron chi connectivity index (χ1n) is 9.39. The standard InChI is InChI=1S/C21H24N2O7S/c1-4-30-18-10-8-16(9-11-18)22-19(24)13-31(27,28)14(2)20(25)23-17-7-5-6-15(12-17)21(26)29-3/h5-12,14H,4,13H2,1-3H3,(H,22,24)(H,23,25). The van der Waals surface area contributed by atoms with Crippen molar-refractivity contribution in [1.82, 2.24) is 0 Å². The number of rotatable bonds is 9. The van der Waals surface area contributed by atoms with Crippen molar-refractivity contribution in [2.75, 3.05) is 30.1 Å². The summed E-state index contributed by atoms with van der Waals surface area (Å²) in [4.78, 5) is 36.2. The SMILES string of the molecule is CCOc1ccc(NC(=O)CS(=O)(=O)C(C)C(=O)Nc2cccc(C(=O)OC)c2)cc1. The van der Waals surface area contributed by atoms with E-state index in [1.54, 1.807) is 24.3 Å². The molecule has 0 bridgehead atoms. The van der Waals surface area contributed by atoms with Gasteiger partial charge >= 0.3 is 5.97 Å². The van der Waals surface area contributed by atoms with Gasteiger partial charge in [-0.1, -0.05) is 6.07 Å². The molecule has 0 fully saturated rings. The molecule has 10 heteroatoms. The van der Waals surface area contributed by atoms with Crippen LogP contribution in [0.15, 0.2) is 48.5 Å². The number of sulfone groups is 1. The van der Waals surface area contributed by atoms with Crippen molar-refractivity contribution < 1.29 is 32.3 Å². The molecule has 0 aliphatic carbocycles. The number of hydrogen-bond acceptors (Lipinski definition) is 7. The van der Waals surface area contributed by atoms with Gasteiger partial charge in [-0.2, -0.15) is 0 Å². The number of carbonyl (C=O) groups excluding carboxylic acids is 3. The molecular formula is C21H24N2O7S. The molecule has 0 saturated carbocycles. The maximum Gasteiger partial charge on any atom is 0.337 e. The molecule has 2 rings (SSSR count). The first-order chi connectivity index (χ1) is 14.7. The summed E-state index contributed by atoms with van der Waals surface area (Å²) in [6, 6.07) is 12.3. The van der Waals surface area contributed by atoms with Crippen LogP contribution in [0.25, 0.3) is 0 Å². The first kappa shape index (κ1) is 23.9. The number of carbonyl (C=O) groups is 3. The number of anilines is 2. The molecule has 0 aliphatic rings. The molecule has 9 nitrogen and oxygen atoms in total. The lowest BCUT2D eigenvalue weighted by Crippen LogP contribution is -2.37. The smallest absolute Gasteiger partial charge is 0.337 e. The second-order valence-corrected chi connectivity index (χ2v) is 8.84. The van der Waals surface area contributed by atoms with E-state index < -0.39 is 38.6 Å². The van der Waals surface area contributed by atoms with Crippen molar-refractivity contribution in [3.8, 4) is 5.75 Å². The second kappa shape index (κ2) is 10.6. The Bertz CT molecular complexity index is 1050. The predicted octanol–water partition coefficient (Wildman–Crippen LogP) is 2.25. The molecule has 1 atom stereocenters. The molecule has 0 aromatic heterocycles. The second-order valence-electron chi connectivity index (χ2n) is 6.52. The quantitative estimate of drug-likeness (QED) is 0.563. The van der Waals surface area contributed by atoms with Crippen LogP contribution >= 0.6 is 0 Å². The van der Waals surface area contributed by atoms with Crippen molar-refractivity contribution in [1.29, 1.82) is 0 Å². The van der Waals surface area contributed by atoms with Crippen molar-refractivity contribution in [2.24, 2.45) is 0 Å². The largest absolute Gasteiger partial charge is 0.494 e. The molecule has 0 saturated heterocycles. The van der Waals surface area contributed by atoms with Crippen LogP contribution < -0.4 is 15.4 Å². The monoisotopic (exact) mass is 448 g/mol. The summed E-state index contributed by atoms with van der Waals surface area (Å²) in [6.45, 7) is 3.53. The van der Waals surface area contributed by atoms with Gasteiger partial charge in [-0.3, -0.25) is 9.59 Å². The molecule has 2 aromatic rings. The lowest BCUT2D eigenvalue weighted by molar-refractivity contribution is -0.115. The van der Waals surface area contributed by atoms with Crippen LogP contribution in [0.2, 0.25) is 0 Å². The van der Waals surface area contributed by atoms with Gasteiger partial charge in [-0.05, 0) is 56.3 Å². The highest BCUT2D eigenvalue weighted by molar-refractivity contribution is 7.93. The summed E-state index contributed by atoms with van der Waals surface area (Å²) >= 11 is 0. The van der Waals surface area contributed by atoms with Gasteiger partial charge < -0.3 is 20.1 Å². The van der Waals surface area contributed by atoms with Crippen molar-refractivity contribution in [3.63, 3.8) is 0 Å². The zero-order chi connectivity index (χ0) is 23.0. The van der Waals surface area contributed by atoms with Gasteiger partial charge in [0.1, 0.15) is 16.8 Å². The van der Waals surface area contributed by atoms with Crippen LogP contribution in [0.4, 0.5) is 11.4 Å². The van der Waals surface area contributed by atoms with Crippen molar-refractivity contribution in [3.05, 3.63) is 54.1 Å². The minimum absolute atomic E-state index is 0.200. The molecule has 1 unspecified atom stereocenters. The Morgan fingerprint density at radius 3 is 2.29 bits per heavy atom. The van der Waals surface area contributed by atoms with Crippen LogP contribution in [0.5, 0.6) is 5.75 Å². The Balaban J connectivity index is 1.99. The third-order valence-electron chi connectivity index (χ3n) is 4.24. The molecule has 0 spiro atoms. The minimum atomic E-state index is -4.09. The van der Waals surface area contributed by atoms with Gasteiger partial charge in [0.15, 0.2) is 9.84 Å². The van der Waals surface area contributed by atoms with Gasteiger partial charge in [-0.25, -0.2) is 13.2 Å². The number of benzene rings is 2. The van der Waals surface area contributed by atoms with Gasteiger partial charge in [0, 0.05) is 11.4 Å². The number of amides is 2. The maximum absolute atomic E-state index is 12.5. The van der Waals surface area contributed by atoms with Crippen molar-refractivity contribution in [2.45, 2.75) is 19.1 Å². The van der Waals surface area contributed by atoms with E-state index >= 15 is 0 Å². The molecule has 0 heterocycles. The number of hydrogen-bond donors (Lipinski definition) is 2. The normalized spacial score (nSPS) is 11.8. The van der Waals surface area contributed by atoms with Crippen LogP contribution in [0.1, 0.15) is 24.2 Å². The highest BCUT2D eigenvalue weighted by Gasteiger charge is 2.30. The van der Waals surface area contributed by atoms with Gasteiger partial charge in [0.2, 0.25) is 11.8 Å². The molecule has 0 aliphatic heterocycles. The first-order valence-corrected chi connectivity index (χ1v) is 11.1. The Morgan fingerprint density at radius 2 is 1.68 bits per heavy atom. The molecule has 0 radical (unpaired) electrons. The fourth-order valence-electron chi connectivity index (χ4n) is 2.55. The van der Waals surface area contributed by atoms with Crippen molar-refractivity contribution >= 4 is 39.0 Å². The number of esters is 1. The minimum Gasteiger partial charge on any atom is -0.494 e. The molecule has 166 valence electrons. The number of methoxy groups -OCH3 is 1. The third-order valence-corrected chi connectivity index (χ3v) is 6.20. The van der Waals surface area contributed by atoms with E-state index in [0.717, 1.165) is 0 Å². The Morgan fingerprint density at radius 1 is 1.00 bits per heavy atom. The highest BCUT2D eigenvalue weighted by atomic mass is 32.2. The van der Waals surface area contributed by atoms with E-state index in [1.807, 2.05) is 6.92 Å². The van der Waals surface area contributed by atoms with Crippen LogP contribution in [0, 0.1) is 0 Å². The summed E-state index contributed by atoms with van der Waals surface area (Å²) in [7, 11) is -2.86. The van der Waals surface area contributed by atoms with E-state index in [9.17, 15) is 22.8 Å². The van der Waals surface area contributed by atoms with Crippen LogP contribution in [0.3, 0.4) is 0 Å². The van der Waals surface area contributed by atoms with Crippen LogP contribution in [-0.4, -0.2) is 50.9 Å². The number of ether oxygens (including phenoxy) is 2. The average Bonchev–Trinajstić information content (AvgIpc) is 2.73. The lowest BCUT2D eigenvalue weighted by Gasteiger charge is -2.14. The van der Waals surface area contributed by atoms with E-state index in [0.29, 0.717) is 18.0 Å². The summed E-state index contributed by atoms with van der Waals surface area (Å²) in [5.74, 6) is -2.43. The molecular weight excluding hydrogens is 424 g/mol. The summed E-state index contributed by atoms with van der Waals surface area (Å²) in [5, 5.41) is 3.43. The van der Waals surface area contributed by atoms with Gasteiger partial charge in [0.05, 0.1) is 19.3 Å². The molecule has 2 N–H and O–H groups in total. The summed E-state index contributed by atoms with van der Waals surface area (Å²) in [5.41, 5.74) is 0.833. The average molecular weight is 448 g/mol. The van der Waals surface area contributed by atoms with E-state index in [1.165, 1.54) is 38.3 Å². The topological polar surface area (TPSA) is 128 Å². The Kier molecular flexibility index (Phi) is 8.14. The zero-order valence-corrected chi connectivity index (χ0v) is 18.2. The Hall–Kier alpha value is -3.40. The fourth-order valence-corrected chi connectivity index (χ4v) is 3.63. The van der Waals surface area contributed by atoms with E-state index in [4.69, 9.17) is 4.74 Å². The van der Waals surface area contributed by atoms with E-state index in [-0.39, 0.29) is 11.3 Å². The van der Waals surface area contributed by atoms with E-state index in [2.05, 4.69) is 15.4 Å². The summed E-state index contributed by atoms with van der Waals surface area (Å²) in [6.07, 6.45) is 0. The maximum atomic E-state index is 12.5. The van der Waals surface area contributed by atoms with Crippen LogP contribution in [-0.2, 0) is 24.2 Å². The third kappa shape index (κ3) is 6.82. The highest BCUT2D eigenvalue weighted by Crippen LogP contribution is 2.17. The zero-order valence-electron chi connectivity index (χ0n) is 17.4. The van der Waals surface area contributed by atoms with Gasteiger partial charge in [-0.15, -0.1) is 0 Å². The lowest BCUT2D eigenvalue weighted by atomic mass is 10.2. The fraction of sp³-hybridized carbons (Fsp3) is 0.286. The molecule has 31 heavy (non-hydrogen) atoms. The molecule has 2 amide bonds. The summed E-state index contributed by atoms with van der Waals surface area (Å²) < 4.78 is 34.9. The molecule has 2 aromatic carbocycles. The predicted molar refractivity (Wildman–Crippen MR) is 116 cm³/mol.